The summed E-state index contributed by atoms with van der Waals surface area (Å²) in [4.78, 5) is 0. The van der Waals surface area contributed by atoms with E-state index in [1.807, 2.05) is 24.3 Å². The highest BCUT2D eigenvalue weighted by molar-refractivity contribution is 7.79. The van der Waals surface area contributed by atoms with E-state index in [-0.39, 0.29) is 6.04 Å². The summed E-state index contributed by atoms with van der Waals surface area (Å²) in [7, 11) is 0. The van der Waals surface area contributed by atoms with Crippen LogP contribution in [0, 0.1) is 0 Å². The predicted octanol–water partition coefficient (Wildman–Crippen LogP) is 1.86. The number of ether oxygens (including phenoxy) is 1. The largest absolute Gasteiger partial charge is 0.489 e. The molecule has 0 amide bonds. The van der Waals surface area contributed by atoms with Crippen molar-refractivity contribution in [1.29, 1.82) is 0 Å². The molecule has 1 aromatic carbocycles. The summed E-state index contributed by atoms with van der Waals surface area (Å²) in [5, 5.41) is 4.95. The molecule has 0 radical (unpaired) electrons. The van der Waals surface area contributed by atoms with Crippen LogP contribution >= 0.6 is 12.2 Å². The minimum Gasteiger partial charge on any atom is -0.489 e. The molecule has 2 rings (SSSR count). The van der Waals surface area contributed by atoms with Gasteiger partial charge in [0.25, 0.3) is 0 Å². The van der Waals surface area contributed by atoms with Crippen LogP contribution < -0.4 is 10.1 Å². The first kappa shape index (κ1) is 7.55. The molecule has 0 bridgehead atoms. The Morgan fingerprint density at radius 3 is 3.17 bits per heavy atom. The average molecular weight is 179 g/mol. The van der Waals surface area contributed by atoms with Crippen molar-refractivity contribution < 1.29 is 4.74 Å². The lowest BCUT2D eigenvalue weighted by Gasteiger charge is -2.24. The lowest BCUT2D eigenvalue weighted by Crippen LogP contribution is -2.31. The van der Waals surface area contributed by atoms with E-state index in [1.54, 1.807) is 5.37 Å². The molecule has 3 heteroatoms. The number of rotatable bonds is 1. The van der Waals surface area contributed by atoms with Crippen LogP contribution in [0.15, 0.2) is 24.3 Å². The van der Waals surface area contributed by atoms with E-state index >= 15 is 0 Å². The second-order valence-electron chi connectivity index (χ2n) is 2.69. The Bertz CT molecular complexity index is 300. The molecule has 0 saturated heterocycles. The zero-order chi connectivity index (χ0) is 8.39. The zero-order valence-corrected chi connectivity index (χ0v) is 7.30. The first-order chi connectivity index (χ1) is 5.90. The van der Waals surface area contributed by atoms with Crippen LogP contribution in [0.3, 0.4) is 0 Å². The highest BCUT2D eigenvalue weighted by Gasteiger charge is 2.14. The lowest BCUT2D eigenvalue weighted by molar-refractivity contribution is 0.309. The molecule has 0 fully saturated rings. The van der Waals surface area contributed by atoms with Gasteiger partial charge < -0.3 is 10.1 Å². The molecular formula is C9H9NOS. The normalized spacial score (nSPS) is 20.2. The maximum absolute atomic E-state index is 5.47. The molecule has 1 aromatic rings. The van der Waals surface area contributed by atoms with E-state index in [0.29, 0.717) is 6.61 Å². The van der Waals surface area contributed by atoms with E-state index in [9.17, 15) is 0 Å². The van der Waals surface area contributed by atoms with E-state index in [4.69, 9.17) is 17.0 Å². The van der Waals surface area contributed by atoms with Gasteiger partial charge in [-0.05, 0) is 12.1 Å². The highest BCUT2D eigenvalue weighted by Crippen LogP contribution is 2.27. The molecule has 12 heavy (non-hydrogen) atoms. The lowest BCUT2D eigenvalue weighted by atomic mass is 10.2. The smallest absolute Gasteiger partial charge is 0.142 e. The van der Waals surface area contributed by atoms with Crippen LogP contribution in [0.4, 0.5) is 5.69 Å². The Balaban J connectivity index is 2.28. The van der Waals surface area contributed by atoms with Crippen LogP contribution in [-0.4, -0.2) is 18.0 Å². The number of hydrogen-bond donors (Lipinski definition) is 1. The molecule has 0 aromatic heterocycles. The van der Waals surface area contributed by atoms with Crippen molar-refractivity contribution in [3.8, 4) is 5.75 Å². The number of benzene rings is 1. The summed E-state index contributed by atoms with van der Waals surface area (Å²) in [5.41, 5.74) is 1.02. The third-order valence-electron chi connectivity index (χ3n) is 1.81. The quantitative estimate of drug-likeness (QED) is 0.665. The molecule has 62 valence electrons. The monoisotopic (exact) mass is 179 g/mol. The summed E-state index contributed by atoms with van der Waals surface area (Å²) < 4.78 is 5.47. The zero-order valence-electron chi connectivity index (χ0n) is 6.49. The Morgan fingerprint density at radius 1 is 1.50 bits per heavy atom. The Labute approximate surface area is 76.5 Å². The van der Waals surface area contributed by atoms with Gasteiger partial charge >= 0.3 is 0 Å². The van der Waals surface area contributed by atoms with Crippen LogP contribution in [-0.2, 0) is 0 Å². The molecule has 0 saturated carbocycles. The van der Waals surface area contributed by atoms with Crippen molar-refractivity contribution in [1.82, 2.24) is 0 Å². The number of fused-ring (bicyclic) bond motifs is 1. The molecule has 0 aliphatic carbocycles. The fourth-order valence-corrected chi connectivity index (χ4v) is 1.35. The van der Waals surface area contributed by atoms with E-state index < -0.39 is 0 Å². The Morgan fingerprint density at radius 2 is 2.33 bits per heavy atom. The van der Waals surface area contributed by atoms with Gasteiger partial charge in [-0.25, -0.2) is 0 Å². The molecule has 1 unspecified atom stereocenters. The van der Waals surface area contributed by atoms with Gasteiger partial charge in [-0.1, -0.05) is 24.4 Å². The van der Waals surface area contributed by atoms with Crippen molar-refractivity contribution in [2.24, 2.45) is 0 Å². The second-order valence-corrected chi connectivity index (χ2v) is 2.97. The van der Waals surface area contributed by atoms with E-state index in [2.05, 4.69) is 5.32 Å². The minimum atomic E-state index is 0.162. The van der Waals surface area contributed by atoms with Crippen molar-refractivity contribution in [2.45, 2.75) is 6.04 Å². The summed E-state index contributed by atoms with van der Waals surface area (Å²) in [6.07, 6.45) is 0. The molecule has 1 aliphatic heterocycles. The number of hydrogen-bond acceptors (Lipinski definition) is 3. The fourth-order valence-electron chi connectivity index (χ4n) is 1.21. The molecule has 0 spiro atoms. The van der Waals surface area contributed by atoms with Crippen LogP contribution in [0.1, 0.15) is 0 Å². The first-order valence-electron chi connectivity index (χ1n) is 3.84. The van der Waals surface area contributed by atoms with Gasteiger partial charge in [-0.15, -0.1) is 0 Å². The Kier molecular flexibility index (Phi) is 1.96. The third-order valence-corrected chi connectivity index (χ3v) is 2.14. The van der Waals surface area contributed by atoms with Crippen molar-refractivity contribution >= 4 is 23.3 Å². The SMILES string of the molecule is S=CC1COc2ccccc2N1. The number of nitrogens with one attached hydrogen (secondary N) is 1. The summed E-state index contributed by atoms with van der Waals surface area (Å²) in [6, 6.07) is 8.02. The average Bonchev–Trinajstić information content (AvgIpc) is 2.17. The fraction of sp³-hybridized carbons (Fsp3) is 0.222. The van der Waals surface area contributed by atoms with Gasteiger partial charge in [0.05, 0.1) is 11.7 Å². The molecule has 1 heterocycles. The molecule has 1 atom stereocenters. The van der Waals surface area contributed by atoms with Crippen LogP contribution in [0.5, 0.6) is 5.75 Å². The molecular weight excluding hydrogens is 170 g/mol. The highest BCUT2D eigenvalue weighted by atomic mass is 32.1. The maximum atomic E-state index is 5.47. The van der Waals surface area contributed by atoms with Gasteiger partial charge in [0.2, 0.25) is 0 Å². The summed E-state index contributed by atoms with van der Waals surface area (Å²) in [6.45, 7) is 0.626. The third kappa shape index (κ3) is 1.28. The number of anilines is 1. The standard InChI is InChI=1S/C9H9NOS/c12-6-7-5-11-9-4-2-1-3-8(9)10-7/h1-4,6-7,10H,5H2. The van der Waals surface area contributed by atoms with Gasteiger partial charge in [-0.3, -0.25) is 0 Å². The van der Waals surface area contributed by atoms with E-state index in [1.165, 1.54) is 0 Å². The number of para-hydroxylation sites is 2. The topological polar surface area (TPSA) is 21.3 Å². The van der Waals surface area contributed by atoms with Gasteiger partial charge in [-0.2, -0.15) is 0 Å². The maximum Gasteiger partial charge on any atom is 0.142 e. The number of thiocarbonyl (C=S) groups is 1. The van der Waals surface area contributed by atoms with Gasteiger partial charge in [0, 0.05) is 5.37 Å². The summed E-state index contributed by atoms with van der Waals surface area (Å²) in [5.74, 6) is 0.908. The van der Waals surface area contributed by atoms with Crippen molar-refractivity contribution in [2.75, 3.05) is 11.9 Å². The van der Waals surface area contributed by atoms with Crippen molar-refractivity contribution in [3.63, 3.8) is 0 Å². The molecule has 1 N–H and O–H groups in total. The summed E-state index contributed by atoms with van der Waals surface area (Å²) >= 11 is 4.83. The first-order valence-corrected chi connectivity index (χ1v) is 4.31. The molecule has 2 nitrogen and oxygen atoms in total. The predicted molar refractivity (Wildman–Crippen MR) is 53.0 cm³/mol. The minimum absolute atomic E-state index is 0.162. The van der Waals surface area contributed by atoms with Crippen LogP contribution in [0.2, 0.25) is 0 Å². The Hall–Kier alpha value is -1.09. The molecule has 1 aliphatic rings. The van der Waals surface area contributed by atoms with E-state index in [0.717, 1.165) is 11.4 Å². The van der Waals surface area contributed by atoms with Gasteiger partial charge in [0.1, 0.15) is 12.4 Å². The second kappa shape index (κ2) is 3.11. The van der Waals surface area contributed by atoms with Gasteiger partial charge in [0.15, 0.2) is 0 Å². The van der Waals surface area contributed by atoms with Crippen LogP contribution in [0.25, 0.3) is 0 Å². The van der Waals surface area contributed by atoms with Crippen molar-refractivity contribution in [3.05, 3.63) is 24.3 Å².